The zero-order chi connectivity index (χ0) is 20.2. The van der Waals surface area contributed by atoms with Gasteiger partial charge >= 0.3 is 0 Å². The van der Waals surface area contributed by atoms with Crippen LogP contribution in [-0.2, 0) is 11.3 Å². The Kier molecular flexibility index (Phi) is 5.83. The Morgan fingerprint density at radius 3 is 2.52 bits per heavy atom. The standard InChI is InChI=1S/C22H22ClN3O3/c23-16-5-7-18(8-6-16)29-15-22(28)26-11-9-25(10-12-26)14-17-13-21(27)19-3-1-2-4-20(19)24-17/h1-8,13H,9-12,14-15H2,(H,24,27). The first-order valence-electron chi connectivity index (χ1n) is 9.58. The lowest BCUT2D eigenvalue weighted by molar-refractivity contribution is -0.135. The van der Waals surface area contributed by atoms with Gasteiger partial charge in [0.1, 0.15) is 5.75 Å². The molecule has 0 radical (unpaired) electrons. The quantitative estimate of drug-likeness (QED) is 0.701. The second-order valence-corrected chi connectivity index (χ2v) is 7.54. The average molecular weight is 412 g/mol. The molecule has 2 aromatic carbocycles. The van der Waals surface area contributed by atoms with Crippen molar-refractivity contribution < 1.29 is 9.53 Å². The number of para-hydroxylation sites is 1. The largest absolute Gasteiger partial charge is 0.484 e. The number of aromatic nitrogens is 1. The summed E-state index contributed by atoms with van der Waals surface area (Å²) in [5.41, 5.74) is 1.77. The Labute approximate surface area is 173 Å². The van der Waals surface area contributed by atoms with Crippen LogP contribution in [-0.4, -0.2) is 53.5 Å². The van der Waals surface area contributed by atoms with Gasteiger partial charge in [-0.05, 0) is 36.4 Å². The van der Waals surface area contributed by atoms with Gasteiger partial charge in [0.05, 0.1) is 0 Å². The highest BCUT2D eigenvalue weighted by atomic mass is 35.5. The van der Waals surface area contributed by atoms with Crippen molar-refractivity contribution >= 4 is 28.4 Å². The number of pyridine rings is 1. The minimum Gasteiger partial charge on any atom is -0.484 e. The number of aromatic amines is 1. The number of amides is 1. The molecule has 29 heavy (non-hydrogen) atoms. The maximum absolute atomic E-state index is 12.4. The predicted octanol–water partition coefficient (Wildman–Crippen LogP) is 2.90. The number of piperazine rings is 1. The van der Waals surface area contributed by atoms with Crippen molar-refractivity contribution in [3.8, 4) is 5.75 Å². The smallest absolute Gasteiger partial charge is 0.260 e. The molecule has 4 rings (SSSR count). The van der Waals surface area contributed by atoms with Crippen molar-refractivity contribution in [2.75, 3.05) is 32.8 Å². The van der Waals surface area contributed by atoms with E-state index in [9.17, 15) is 9.59 Å². The summed E-state index contributed by atoms with van der Waals surface area (Å²) in [6.45, 7) is 3.45. The van der Waals surface area contributed by atoms with E-state index in [1.807, 2.05) is 29.2 Å². The molecule has 0 aliphatic carbocycles. The van der Waals surface area contributed by atoms with Gasteiger partial charge in [-0.2, -0.15) is 0 Å². The third kappa shape index (κ3) is 4.78. The number of nitrogens with one attached hydrogen (secondary N) is 1. The summed E-state index contributed by atoms with van der Waals surface area (Å²) in [7, 11) is 0. The molecule has 0 bridgehead atoms. The molecular weight excluding hydrogens is 390 g/mol. The Bertz CT molecular complexity index is 1060. The van der Waals surface area contributed by atoms with Crippen LogP contribution >= 0.6 is 11.6 Å². The number of hydrogen-bond acceptors (Lipinski definition) is 4. The Balaban J connectivity index is 1.29. The average Bonchev–Trinajstić information content (AvgIpc) is 2.74. The van der Waals surface area contributed by atoms with E-state index < -0.39 is 0 Å². The van der Waals surface area contributed by atoms with Crippen LogP contribution in [0.3, 0.4) is 0 Å². The molecule has 0 spiro atoms. The van der Waals surface area contributed by atoms with Crippen molar-refractivity contribution in [2.45, 2.75) is 6.54 Å². The molecule has 1 aromatic heterocycles. The molecule has 1 aliphatic heterocycles. The number of fused-ring (bicyclic) bond motifs is 1. The molecule has 150 valence electrons. The normalized spacial score (nSPS) is 14.9. The number of rotatable bonds is 5. The molecule has 1 aliphatic rings. The second kappa shape index (κ2) is 8.68. The van der Waals surface area contributed by atoms with Crippen LogP contribution < -0.4 is 10.2 Å². The molecule has 2 heterocycles. The lowest BCUT2D eigenvalue weighted by atomic mass is 10.2. The number of carbonyl (C=O) groups excluding carboxylic acids is 1. The van der Waals surface area contributed by atoms with E-state index in [1.165, 1.54) is 0 Å². The highest BCUT2D eigenvalue weighted by Crippen LogP contribution is 2.16. The first-order chi connectivity index (χ1) is 14.1. The number of carbonyl (C=O) groups is 1. The highest BCUT2D eigenvalue weighted by molar-refractivity contribution is 6.30. The zero-order valence-electron chi connectivity index (χ0n) is 15.9. The topological polar surface area (TPSA) is 65.6 Å². The Hall–Kier alpha value is -2.83. The molecule has 1 amide bonds. The van der Waals surface area contributed by atoms with Gasteiger partial charge in [-0.3, -0.25) is 14.5 Å². The monoisotopic (exact) mass is 411 g/mol. The lowest BCUT2D eigenvalue weighted by Crippen LogP contribution is -2.49. The number of ether oxygens (including phenoxy) is 1. The Morgan fingerprint density at radius 2 is 1.76 bits per heavy atom. The van der Waals surface area contributed by atoms with Gasteiger partial charge in [-0.15, -0.1) is 0 Å². The predicted molar refractivity (Wildman–Crippen MR) is 113 cm³/mol. The number of halogens is 1. The summed E-state index contributed by atoms with van der Waals surface area (Å²) < 4.78 is 5.55. The maximum atomic E-state index is 12.4. The molecule has 7 heteroatoms. The van der Waals surface area contributed by atoms with E-state index in [0.29, 0.717) is 35.8 Å². The molecule has 0 saturated carbocycles. The third-order valence-corrected chi connectivity index (χ3v) is 5.34. The van der Waals surface area contributed by atoms with Gasteiger partial charge < -0.3 is 14.6 Å². The van der Waals surface area contributed by atoms with Crippen LogP contribution in [0.1, 0.15) is 5.69 Å². The van der Waals surface area contributed by atoms with Crippen molar-refractivity contribution in [1.29, 1.82) is 0 Å². The summed E-state index contributed by atoms with van der Waals surface area (Å²) in [5, 5.41) is 1.33. The van der Waals surface area contributed by atoms with E-state index in [1.54, 1.807) is 30.3 Å². The maximum Gasteiger partial charge on any atom is 0.260 e. The van der Waals surface area contributed by atoms with Gasteiger partial charge in [0.25, 0.3) is 5.91 Å². The minimum absolute atomic E-state index is 0.0135. The van der Waals surface area contributed by atoms with Crippen LogP contribution in [0.2, 0.25) is 5.02 Å². The molecule has 0 unspecified atom stereocenters. The molecule has 1 saturated heterocycles. The number of benzene rings is 2. The van der Waals surface area contributed by atoms with Crippen LogP contribution in [0.5, 0.6) is 5.75 Å². The fourth-order valence-electron chi connectivity index (χ4n) is 3.50. The molecule has 1 fully saturated rings. The lowest BCUT2D eigenvalue weighted by Gasteiger charge is -2.34. The third-order valence-electron chi connectivity index (χ3n) is 5.09. The van der Waals surface area contributed by atoms with Gasteiger partial charge in [-0.25, -0.2) is 0 Å². The van der Waals surface area contributed by atoms with Gasteiger partial charge in [-0.1, -0.05) is 23.7 Å². The number of nitrogens with zero attached hydrogens (tertiary/aromatic N) is 2. The summed E-state index contributed by atoms with van der Waals surface area (Å²) in [6, 6.07) is 16.2. The minimum atomic E-state index is -0.0290. The summed E-state index contributed by atoms with van der Waals surface area (Å²) in [6.07, 6.45) is 0. The van der Waals surface area contributed by atoms with Gasteiger partial charge in [0.15, 0.2) is 12.0 Å². The van der Waals surface area contributed by atoms with E-state index >= 15 is 0 Å². The first kappa shape index (κ1) is 19.5. The molecule has 0 atom stereocenters. The molecule has 6 nitrogen and oxygen atoms in total. The number of H-pyrrole nitrogens is 1. The fourth-order valence-corrected chi connectivity index (χ4v) is 3.63. The van der Waals surface area contributed by atoms with Crippen LogP contribution in [0, 0.1) is 0 Å². The van der Waals surface area contributed by atoms with Crippen molar-refractivity contribution in [3.63, 3.8) is 0 Å². The molecule has 1 N–H and O–H groups in total. The van der Waals surface area contributed by atoms with E-state index in [-0.39, 0.29) is 17.9 Å². The summed E-state index contributed by atoms with van der Waals surface area (Å²) in [4.78, 5) is 32.1. The van der Waals surface area contributed by atoms with Gasteiger partial charge in [0.2, 0.25) is 0 Å². The van der Waals surface area contributed by atoms with Crippen molar-refractivity contribution in [1.82, 2.24) is 14.8 Å². The fraction of sp³-hybridized carbons (Fsp3) is 0.273. The van der Waals surface area contributed by atoms with Crippen molar-refractivity contribution in [3.05, 3.63) is 75.5 Å². The van der Waals surface area contributed by atoms with E-state index in [2.05, 4.69) is 9.88 Å². The summed E-state index contributed by atoms with van der Waals surface area (Å²) in [5.74, 6) is 0.598. The van der Waals surface area contributed by atoms with Crippen LogP contribution in [0.25, 0.3) is 10.9 Å². The SMILES string of the molecule is O=C(COc1ccc(Cl)cc1)N1CCN(Cc2cc(=O)c3ccccc3[nH]2)CC1. The van der Waals surface area contributed by atoms with Gasteiger partial charge in [0, 0.05) is 60.4 Å². The first-order valence-corrected chi connectivity index (χ1v) is 9.96. The van der Waals surface area contributed by atoms with E-state index in [0.717, 1.165) is 24.3 Å². The van der Waals surface area contributed by atoms with E-state index in [4.69, 9.17) is 16.3 Å². The van der Waals surface area contributed by atoms with Crippen LogP contribution in [0.4, 0.5) is 0 Å². The summed E-state index contributed by atoms with van der Waals surface area (Å²) >= 11 is 5.85. The van der Waals surface area contributed by atoms with Crippen molar-refractivity contribution in [2.24, 2.45) is 0 Å². The highest BCUT2D eigenvalue weighted by Gasteiger charge is 2.21. The second-order valence-electron chi connectivity index (χ2n) is 7.10. The zero-order valence-corrected chi connectivity index (χ0v) is 16.7. The molecule has 3 aromatic rings. The number of hydrogen-bond donors (Lipinski definition) is 1. The van der Waals surface area contributed by atoms with Crippen LogP contribution in [0.15, 0.2) is 59.4 Å². The Morgan fingerprint density at radius 1 is 1.03 bits per heavy atom. The molecular formula is C22H22ClN3O3.